The van der Waals surface area contributed by atoms with Gasteiger partial charge in [-0.15, -0.1) is 0 Å². The number of pyridine rings is 1. The molecule has 0 saturated carbocycles. The fourth-order valence-electron chi connectivity index (χ4n) is 3.08. The molecule has 0 unspecified atom stereocenters. The molecule has 2 aromatic rings. The highest BCUT2D eigenvalue weighted by molar-refractivity contribution is 5.79. The average molecular weight is 333 g/mol. The van der Waals surface area contributed by atoms with Crippen LogP contribution in [-0.2, 0) is 16.0 Å². The maximum atomic E-state index is 12.8. The van der Waals surface area contributed by atoms with Gasteiger partial charge in [0.05, 0.1) is 31.4 Å². The Balaban J connectivity index is 1.76. The second-order valence-corrected chi connectivity index (χ2v) is 6.13. The molecule has 7 heteroatoms. The van der Waals surface area contributed by atoms with Crippen molar-refractivity contribution in [3.63, 3.8) is 0 Å². The summed E-state index contributed by atoms with van der Waals surface area (Å²) in [6.07, 6.45) is 2.67. The third-order valence-corrected chi connectivity index (χ3v) is 4.30. The molecular formula is C17H23N3O4. The first-order valence-electron chi connectivity index (χ1n) is 8.26. The number of carbonyl (C=O) groups is 1. The van der Waals surface area contributed by atoms with Crippen LogP contribution in [0.5, 0.6) is 0 Å². The number of hydrogen-bond donors (Lipinski definition) is 2. The zero-order valence-electron chi connectivity index (χ0n) is 13.7. The highest BCUT2D eigenvalue weighted by Crippen LogP contribution is 2.17. The van der Waals surface area contributed by atoms with E-state index in [9.17, 15) is 15.0 Å². The fourth-order valence-corrected chi connectivity index (χ4v) is 3.08. The first-order chi connectivity index (χ1) is 11.6. The Kier molecular flexibility index (Phi) is 5.13. The van der Waals surface area contributed by atoms with E-state index in [1.807, 2.05) is 41.9 Å². The highest BCUT2D eigenvalue weighted by atomic mass is 16.5. The molecule has 2 aromatic heterocycles. The van der Waals surface area contributed by atoms with Crippen molar-refractivity contribution in [3.8, 4) is 0 Å². The highest BCUT2D eigenvalue weighted by Gasteiger charge is 2.37. The van der Waals surface area contributed by atoms with E-state index in [4.69, 9.17) is 4.74 Å². The lowest BCUT2D eigenvalue weighted by molar-refractivity contribution is -0.155. The van der Waals surface area contributed by atoms with Crippen molar-refractivity contribution in [2.24, 2.45) is 0 Å². The summed E-state index contributed by atoms with van der Waals surface area (Å²) in [6, 6.07) is 5.15. The van der Waals surface area contributed by atoms with E-state index in [-0.39, 0.29) is 25.5 Å². The molecule has 130 valence electrons. The lowest BCUT2D eigenvalue weighted by Gasteiger charge is -2.39. The molecule has 1 saturated heterocycles. The monoisotopic (exact) mass is 333 g/mol. The van der Waals surface area contributed by atoms with Gasteiger partial charge in [0.1, 0.15) is 17.9 Å². The lowest BCUT2D eigenvalue weighted by Crippen LogP contribution is -2.58. The quantitative estimate of drug-likeness (QED) is 0.818. The van der Waals surface area contributed by atoms with E-state index < -0.39 is 18.2 Å². The first kappa shape index (κ1) is 16.9. The summed E-state index contributed by atoms with van der Waals surface area (Å²) in [7, 11) is 0. The van der Waals surface area contributed by atoms with E-state index in [0.717, 1.165) is 12.1 Å². The molecule has 0 bridgehead atoms. The third-order valence-electron chi connectivity index (χ3n) is 4.30. The fraction of sp³-hybridized carbons (Fsp3) is 0.529. The Morgan fingerprint density at radius 3 is 3.00 bits per heavy atom. The maximum absolute atomic E-state index is 12.8. The summed E-state index contributed by atoms with van der Waals surface area (Å²) in [5.74, 6) is -0.123. The molecule has 1 fully saturated rings. The molecule has 0 aliphatic carbocycles. The normalized spacial score (nSPS) is 24.2. The number of hydrogen-bond acceptors (Lipinski definition) is 5. The Morgan fingerprint density at radius 2 is 2.25 bits per heavy atom. The molecule has 7 nitrogen and oxygen atoms in total. The number of amides is 1. The number of carbonyl (C=O) groups excluding carboxylic acids is 1. The van der Waals surface area contributed by atoms with Gasteiger partial charge in [-0.25, -0.2) is 4.98 Å². The van der Waals surface area contributed by atoms with Crippen LogP contribution in [0.1, 0.15) is 19.0 Å². The standard InChI is InChI=1S/C17H23N3O4/c1-2-6-20(13-10-24-11-14(21)17(13)23)16(22)8-12-9-19-7-4-3-5-15(19)18-12/h3-5,7,9,13-14,17,21,23H,2,6,8,10-11H2,1H3/t13-,14-,17+/m1/s1. The molecule has 1 aliphatic heterocycles. The zero-order chi connectivity index (χ0) is 17.1. The van der Waals surface area contributed by atoms with Gasteiger partial charge >= 0.3 is 0 Å². The van der Waals surface area contributed by atoms with Crippen LogP contribution in [0.3, 0.4) is 0 Å². The van der Waals surface area contributed by atoms with Crippen LogP contribution in [0.25, 0.3) is 5.65 Å². The second kappa shape index (κ2) is 7.29. The smallest absolute Gasteiger partial charge is 0.229 e. The maximum Gasteiger partial charge on any atom is 0.229 e. The Morgan fingerprint density at radius 1 is 1.42 bits per heavy atom. The zero-order valence-corrected chi connectivity index (χ0v) is 13.7. The summed E-state index contributed by atoms with van der Waals surface area (Å²) in [4.78, 5) is 18.8. The predicted molar refractivity (Wildman–Crippen MR) is 87.5 cm³/mol. The lowest BCUT2D eigenvalue weighted by atomic mass is 10.0. The average Bonchev–Trinajstić information content (AvgIpc) is 2.97. The topological polar surface area (TPSA) is 87.3 Å². The van der Waals surface area contributed by atoms with Crippen molar-refractivity contribution in [3.05, 3.63) is 36.3 Å². The van der Waals surface area contributed by atoms with Crippen LogP contribution in [0.2, 0.25) is 0 Å². The first-order valence-corrected chi connectivity index (χ1v) is 8.26. The number of imidazole rings is 1. The summed E-state index contributed by atoms with van der Waals surface area (Å²) in [5.41, 5.74) is 1.47. The van der Waals surface area contributed by atoms with Crippen molar-refractivity contribution in [1.82, 2.24) is 14.3 Å². The van der Waals surface area contributed by atoms with Gasteiger partial charge in [0.2, 0.25) is 5.91 Å². The largest absolute Gasteiger partial charge is 0.388 e. The van der Waals surface area contributed by atoms with Gasteiger partial charge < -0.3 is 24.3 Å². The number of ether oxygens (including phenoxy) is 1. The number of aliphatic hydroxyl groups excluding tert-OH is 2. The van der Waals surface area contributed by atoms with Gasteiger partial charge in [0.25, 0.3) is 0 Å². The van der Waals surface area contributed by atoms with Crippen LogP contribution < -0.4 is 0 Å². The van der Waals surface area contributed by atoms with Gasteiger partial charge in [-0.2, -0.15) is 0 Å². The molecule has 2 N–H and O–H groups in total. The van der Waals surface area contributed by atoms with Crippen molar-refractivity contribution in [2.75, 3.05) is 19.8 Å². The van der Waals surface area contributed by atoms with E-state index >= 15 is 0 Å². The molecular weight excluding hydrogens is 310 g/mol. The summed E-state index contributed by atoms with van der Waals surface area (Å²) < 4.78 is 7.19. The van der Waals surface area contributed by atoms with Crippen LogP contribution in [-0.4, -0.2) is 68.4 Å². The van der Waals surface area contributed by atoms with Crippen LogP contribution in [0, 0.1) is 0 Å². The van der Waals surface area contributed by atoms with E-state index in [2.05, 4.69) is 4.98 Å². The minimum Gasteiger partial charge on any atom is -0.388 e. The number of aliphatic hydroxyl groups is 2. The van der Waals surface area contributed by atoms with Gasteiger partial charge in [0.15, 0.2) is 0 Å². The number of nitrogens with zero attached hydrogens (tertiary/aromatic N) is 3. The minimum absolute atomic E-state index is 0.0955. The van der Waals surface area contributed by atoms with E-state index in [0.29, 0.717) is 12.2 Å². The number of fused-ring (bicyclic) bond motifs is 1. The second-order valence-electron chi connectivity index (χ2n) is 6.13. The minimum atomic E-state index is -0.990. The van der Waals surface area contributed by atoms with Crippen LogP contribution in [0.4, 0.5) is 0 Å². The summed E-state index contributed by atoms with van der Waals surface area (Å²) in [6.45, 7) is 2.80. The Labute approximate surface area is 140 Å². The van der Waals surface area contributed by atoms with E-state index in [1.165, 1.54) is 0 Å². The van der Waals surface area contributed by atoms with Crippen molar-refractivity contribution in [1.29, 1.82) is 0 Å². The summed E-state index contributed by atoms with van der Waals surface area (Å²) in [5, 5.41) is 20.0. The molecule has 24 heavy (non-hydrogen) atoms. The van der Waals surface area contributed by atoms with Gasteiger partial charge in [0, 0.05) is 18.9 Å². The van der Waals surface area contributed by atoms with Crippen molar-refractivity contribution < 1.29 is 19.7 Å². The van der Waals surface area contributed by atoms with Crippen molar-refractivity contribution in [2.45, 2.75) is 38.0 Å². The molecule has 0 spiro atoms. The van der Waals surface area contributed by atoms with Crippen LogP contribution in [0.15, 0.2) is 30.6 Å². The summed E-state index contributed by atoms with van der Waals surface area (Å²) >= 11 is 0. The molecule has 3 heterocycles. The SMILES string of the molecule is CCCN(C(=O)Cc1cn2ccccc2n1)[C@@H]1COC[C@@H](O)[C@H]1O. The molecule has 3 rings (SSSR count). The van der Waals surface area contributed by atoms with E-state index in [1.54, 1.807) is 4.90 Å². The third kappa shape index (κ3) is 3.43. The predicted octanol–water partition coefficient (Wildman–Crippen LogP) is 0.236. The van der Waals surface area contributed by atoms with Gasteiger partial charge in [-0.1, -0.05) is 13.0 Å². The van der Waals surface area contributed by atoms with Crippen LogP contribution >= 0.6 is 0 Å². The van der Waals surface area contributed by atoms with Gasteiger partial charge in [-0.05, 0) is 18.6 Å². The molecule has 0 radical (unpaired) electrons. The Bertz CT molecular complexity index is 669. The molecule has 1 amide bonds. The number of rotatable bonds is 5. The Hall–Kier alpha value is -1.96. The van der Waals surface area contributed by atoms with Crippen molar-refractivity contribution >= 4 is 11.6 Å². The molecule has 3 atom stereocenters. The molecule has 0 aromatic carbocycles. The van der Waals surface area contributed by atoms with Gasteiger partial charge in [-0.3, -0.25) is 4.79 Å². The number of aromatic nitrogens is 2. The molecule has 1 aliphatic rings.